The normalized spacial score (nSPS) is 10.9. The van der Waals surface area contributed by atoms with Gasteiger partial charge < -0.3 is 9.72 Å². The topological polar surface area (TPSA) is 80.8 Å². The summed E-state index contributed by atoms with van der Waals surface area (Å²) < 4.78 is 5.70. The molecule has 6 nitrogen and oxygen atoms in total. The Morgan fingerprint density at radius 2 is 1.44 bits per heavy atom. The van der Waals surface area contributed by atoms with Crippen molar-refractivity contribution in [3.05, 3.63) is 96.2 Å². The van der Waals surface area contributed by atoms with Crippen molar-refractivity contribution in [2.24, 2.45) is 0 Å². The highest BCUT2D eigenvalue weighted by atomic mass is 16.5. The predicted octanol–water partition coefficient (Wildman–Crippen LogP) is 5.26. The van der Waals surface area contributed by atoms with Gasteiger partial charge in [0, 0.05) is 33.3 Å². The predicted molar refractivity (Wildman–Crippen MR) is 124 cm³/mol. The first-order valence-electron chi connectivity index (χ1n) is 10.3. The molecular formula is C26H20N4O2. The number of aromatic amines is 1. The van der Waals surface area contributed by atoms with Crippen molar-refractivity contribution in [1.82, 2.24) is 20.2 Å². The number of para-hydroxylation sites is 1. The minimum absolute atomic E-state index is 0.0642. The van der Waals surface area contributed by atoms with Crippen LogP contribution < -0.4 is 4.74 Å². The SMILES string of the molecule is Cc1[nH]c2ccccc2c1C(=O)COc1nnc(-c2ccccc2)c(-c2ccccc2)n1. The summed E-state index contributed by atoms with van der Waals surface area (Å²) in [5.41, 5.74) is 5.46. The molecule has 0 amide bonds. The van der Waals surface area contributed by atoms with E-state index in [2.05, 4.69) is 20.2 Å². The van der Waals surface area contributed by atoms with Gasteiger partial charge in [0.1, 0.15) is 11.4 Å². The maximum absolute atomic E-state index is 12.9. The summed E-state index contributed by atoms with van der Waals surface area (Å²) in [5, 5.41) is 9.39. The average Bonchev–Trinajstić information content (AvgIpc) is 3.19. The third-order valence-electron chi connectivity index (χ3n) is 5.27. The molecule has 5 rings (SSSR count). The van der Waals surface area contributed by atoms with Crippen LogP contribution in [0.15, 0.2) is 84.9 Å². The molecule has 32 heavy (non-hydrogen) atoms. The lowest BCUT2D eigenvalue weighted by molar-refractivity contribution is 0.0914. The van der Waals surface area contributed by atoms with Gasteiger partial charge in [-0.1, -0.05) is 84.0 Å². The van der Waals surface area contributed by atoms with Gasteiger partial charge in [-0.3, -0.25) is 4.79 Å². The van der Waals surface area contributed by atoms with Gasteiger partial charge in [0.2, 0.25) is 5.78 Å². The van der Waals surface area contributed by atoms with E-state index in [-0.39, 0.29) is 18.4 Å². The van der Waals surface area contributed by atoms with E-state index in [1.165, 1.54) is 0 Å². The van der Waals surface area contributed by atoms with Crippen molar-refractivity contribution in [3.8, 4) is 28.5 Å². The molecule has 0 aliphatic rings. The number of rotatable bonds is 6. The summed E-state index contributed by atoms with van der Waals surface area (Å²) in [6, 6.07) is 27.3. The van der Waals surface area contributed by atoms with Gasteiger partial charge in [-0.25, -0.2) is 0 Å². The number of ketones is 1. The second-order valence-electron chi connectivity index (χ2n) is 7.41. The first-order valence-corrected chi connectivity index (χ1v) is 10.3. The number of benzene rings is 3. The van der Waals surface area contributed by atoms with Crippen LogP contribution in [0.2, 0.25) is 0 Å². The van der Waals surface area contributed by atoms with Crippen molar-refractivity contribution in [3.63, 3.8) is 0 Å². The third kappa shape index (κ3) is 3.74. The molecule has 6 heteroatoms. The zero-order chi connectivity index (χ0) is 21.9. The Morgan fingerprint density at radius 3 is 2.16 bits per heavy atom. The molecule has 0 fully saturated rings. The highest BCUT2D eigenvalue weighted by Gasteiger charge is 2.18. The summed E-state index contributed by atoms with van der Waals surface area (Å²) in [4.78, 5) is 20.8. The number of H-pyrrole nitrogens is 1. The molecule has 0 spiro atoms. The Bertz CT molecular complexity index is 1400. The number of nitrogens with one attached hydrogen (secondary N) is 1. The standard InChI is InChI=1S/C26H20N4O2/c1-17-23(20-14-8-9-15-21(20)27-17)22(31)16-32-26-28-24(18-10-4-2-5-11-18)25(29-30-26)19-12-6-3-7-13-19/h2-15,27H,16H2,1H3. The lowest BCUT2D eigenvalue weighted by Crippen LogP contribution is -2.14. The summed E-state index contributed by atoms with van der Waals surface area (Å²) >= 11 is 0. The molecule has 0 atom stereocenters. The minimum Gasteiger partial charge on any atom is -0.454 e. The van der Waals surface area contributed by atoms with Gasteiger partial charge in [-0.05, 0) is 13.0 Å². The number of carbonyl (C=O) groups is 1. The Hall–Kier alpha value is -4.32. The lowest BCUT2D eigenvalue weighted by atomic mass is 10.0. The van der Waals surface area contributed by atoms with Crippen LogP contribution >= 0.6 is 0 Å². The zero-order valence-corrected chi connectivity index (χ0v) is 17.4. The van der Waals surface area contributed by atoms with Crippen molar-refractivity contribution >= 4 is 16.7 Å². The van der Waals surface area contributed by atoms with Crippen LogP contribution in [0.4, 0.5) is 0 Å². The van der Waals surface area contributed by atoms with Crippen LogP contribution in [0.1, 0.15) is 16.1 Å². The van der Waals surface area contributed by atoms with E-state index in [1.54, 1.807) is 0 Å². The Labute approximate surface area is 184 Å². The highest BCUT2D eigenvalue weighted by Crippen LogP contribution is 2.29. The van der Waals surface area contributed by atoms with E-state index in [1.807, 2.05) is 91.9 Å². The van der Waals surface area contributed by atoms with E-state index >= 15 is 0 Å². The maximum atomic E-state index is 12.9. The van der Waals surface area contributed by atoms with Crippen LogP contribution in [-0.4, -0.2) is 32.6 Å². The number of aryl methyl sites for hydroxylation is 1. The molecule has 0 radical (unpaired) electrons. The van der Waals surface area contributed by atoms with Crippen LogP contribution in [0.25, 0.3) is 33.4 Å². The average molecular weight is 420 g/mol. The molecule has 5 aromatic rings. The van der Waals surface area contributed by atoms with Crippen molar-refractivity contribution in [2.75, 3.05) is 6.61 Å². The fraction of sp³-hybridized carbons (Fsp3) is 0.0769. The summed E-state index contributed by atoms with van der Waals surface area (Å²) in [7, 11) is 0. The largest absolute Gasteiger partial charge is 0.454 e. The molecule has 0 aliphatic carbocycles. The number of carbonyl (C=O) groups excluding carboxylic acids is 1. The van der Waals surface area contributed by atoms with E-state index in [4.69, 9.17) is 4.74 Å². The first-order chi connectivity index (χ1) is 15.7. The first kappa shape index (κ1) is 19.6. The molecule has 0 saturated carbocycles. The quantitative estimate of drug-likeness (QED) is 0.379. The number of ether oxygens (including phenoxy) is 1. The van der Waals surface area contributed by atoms with Gasteiger partial charge >= 0.3 is 6.01 Å². The second-order valence-corrected chi connectivity index (χ2v) is 7.41. The number of hydrogen-bond acceptors (Lipinski definition) is 5. The second kappa shape index (κ2) is 8.43. The molecule has 0 aliphatic heterocycles. The smallest absolute Gasteiger partial charge is 0.336 e. The Kier molecular flexibility index (Phi) is 5.17. The van der Waals surface area contributed by atoms with Crippen LogP contribution in [0.5, 0.6) is 6.01 Å². The monoisotopic (exact) mass is 420 g/mol. The summed E-state index contributed by atoms with van der Waals surface area (Å²) in [6.07, 6.45) is 0. The number of Topliss-reactive ketones (excluding diaryl/α,β-unsaturated/α-hetero) is 1. The molecule has 0 bridgehead atoms. The number of hydrogen-bond donors (Lipinski definition) is 1. The van der Waals surface area contributed by atoms with Gasteiger partial charge in [0.25, 0.3) is 0 Å². The third-order valence-corrected chi connectivity index (χ3v) is 5.27. The number of aromatic nitrogens is 4. The van der Waals surface area contributed by atoms with Gasteiger partial charge in [0.15, 0.2) is 6.61 Å². The van der Waals surface area contributed by atoms with Gasteiger partial charge in [0.05, 0.1) is 0 Å². The highest BCUT2D eigenvalue weighted by molar-refractivity contribution is 6.09. The molecule has 2 aromatic heterocycles. The van der Waals surface area contributed by atoms with Crippen LogP contribution in [0.3, 0.4) is 0 Å². The molecule has 0 saturated heterocycles. The molecule has 156 valence electrons. The molecule has 1 N–H and O–H groups in total. The van der Waals surface area contributed by atoms with Crippen LogP contribution in [-0.2, 0) is 0 Å². The fourth-order valence-corrected chi connectivity index (χ4v) is 3.80. The van der Waals surface area contributed by atoms with E-state index in [0.717, 1.165) is 27.7 Å². The summed E-state index contributed by atoms with van der Waals surface area (Å²) in [5.74, 6) is -0.142. The van der Waals surface area contributed by atoms with Crippen molar-refractivity contribution < 1.29 is 9.53 Å². The molecule has 2 heterocycles. The van der Waals surface area contributed by atoms with Crippen LogP contribution in [0, 0.1) is 6.92 Å². The van der Waals surface area contributed by atoms with Crippen molar-refractivity contribution in [1.29, 1.82) is 0 Å². The van der Waals surface area contributed by atoms with E-state index in [0.29, 0.717) is 17.0 Å². The lowest BCUT2D eigenvalue weighted by Gasteiger charge is -2.10. The van der Waals surface area contributed by atoms with Crippen molar-refractivity contribution in [2.45, 2.75) is 6.92 Å². The summed E-state index contributed by atoms with van der Waals surface area (Å²) in [6.45, 7) is 1.71. The zero-order valence-electron chi connectivity index (χ0n) is 17.4. The van der Waals surface area contributed by atoms with Gasteiger partial charge in [-0.15, -0.1) is 5.10 Å². The van der Waals surface area contributed by atoms with Gasteiger partial charge in [-0.2, -0.15) is 4.98 Å². The molecule has 0 unspecified atom stereocenters. The Balaban J connectivity index is 1.45. The Morgan fingerprint density at radius 1 is 0.812 bits per heavy atom. The fourth-order valence-electron chi connectivity index (χ4n) is 3.80. The van der Waals surface area contributed by atoms with E-state index < -0.39 is 0 Å². The minimum atomic E-state index is -0.177. The number of fused-ring (bicyclic) bond motifs is 1. The maximum Gasteiger partial charge on any atom is 0.336 e. The molecular weight excluding hydrogens is 400 g/mol. The van der Waals surface area contributed by atoms with E-state index in [9.17, 15) is 4.79 Å². The number of nitrogens with zero attached hydrogens (tertiary/aromatic N) is 3. The molecule has 3 aromatic carbocycles.